The van der Waals surface area contributed by atoms with Gasteiger partial charge in [0.25, 0.3) is 15.9 Å². The third kappa shape index (κ3) is 4.37. The molecular formula is C18H22N2O4S. The highest BCUT2D eigenvalue weighted by atomic mass is 32.2. The molecule has 6 nitrogen and oxygen atoms in total. The molecule has 0 fully saturated rings. The van der Waals surface area contributed by atoms with Crippen LogP contribution in [0.2, 0.25) is 0 Å². The van der Waals surface area contributed by atoms with Crippen molar-refractivity contribution >= 4 is 21.6 Å². The number of carbonyl (C=O) groups excluding carboxylic acids is 1. The molecule has 0 aliphatic rings. The van der Waals surface area contributed by atoms with Crippen molar-refractivity contribution in [2.45, 2.75) is 25.2 Å². The molecule has 0 saturated carbocycles. The molecule has 1 amide bonds. The van der Waals surface area contributed by atoms with Gasteiger partial charge in [-0.25, -0.2) is 13.9 Å². The first kappa shape index (κ1) is 19.0. The fraction of sp³-hybridized carbons (Fsp3) is 0.278. The first-order valence-corrected chi connectivity index (χ1v) is 9.32. The lowest BCUT2D eigenvalue weighted by Gasteiger charge is -2.20. The number of anilines is 1. The van der Waals surface area contributed by atoms with Crippen LogP contribution in [0.5, 0.6) is 0 Å². The summed E-state index contributed by atoms with van der Waals surface area (Å²) < 4.78 is 26.7. The van der Waals surface area contributed by atoms with Crippen LogP contribution in [0.1, 0.15) is 29.8 Å². The molecule has 0 unspecified atom stereocenters. The van der Waals surface area contributed by atoms with Gasteiger partial charge in [-0.2, -0.15) is 0 Å². The Bertz CT molecular complexity index is 828. The normalized spacial score (nSPS) is 11.4. The van der Waals surface area contributed by atoms with Gasteiger partial charge in [-0.3, -0.25) is 14.3 Å². The molecule has 0 saturated heterocycles. The third-order valence-corrected chi connectivity index (χ3v) is 5.62. The van der Waals surface area contributed by atoms with E-state index in [1.54, 1.807) is 12.1 Å². The molecular weight excluding hydrogens is 340 g/mol. The van der Waals surface area contributed by atoms with Crippen molar-refractivity contribution in [1.82, 2.24) is 5.48 Å². The molecule has 0 bridgehead atoms. The Morgan fingerprint density at radius 3 is 2.12 bits per heavy atom. The van der Waals surface area contributed by atoms with E-state index in [1.165, 1.54) is 36.8 Å². The largest absolute Gasteiger partial charge is 0.288 e. The van der Waals surface area contributed by atoms with Crippen LogP contribution in [0.4, 0.5) is 5.69 Å². The zero-order valence-electron chi connectivity index (χ0n) is 14.4. The molecule has 0 atom stereocenters. The van der Waals surface area contributed by atoms with E-state index >= 15 is 0 Å². The number of sulfonamides is 1. The second kappa shape index (κ2) is 7.67. The Balaban J connectivity index is 2.24. The van der Waals surface area contributed by atoms with Gasteiger partial charge >= 0.3 is 0 Å². The maximum atomic E-state index is 12.7. The lowest BCUT2D eigenvalue weighted by atomic mass is 10.0. The highest BCUT2D eigenvalue weighted by Crippen LogP contribution is 2.23. The predicted octanol–water partition coefficient (Wildman–Crippen LogP) is 2.83. The minimum Gasteiger partial charge on any atom is -0.288 e. The van der Waals surface area contributed by atoms with Gasteiger partial charge in [-0.15, -0.1) is 0 Å². The van der Waals surface area contributed by atoms with Crippen LogP contribution in [-0.2, 0) is 16.4 Å². The number of nitrogens with zero attached hydrogens (tertiary/aromatic N) is 1. The molecule has 0 aliphatic carbocycles. The molecule has 25 heavy (non-hydrogen) atoms. The van der Waals surface area contributed by atoms with E-state index in [1.807, 2.05) is 12.1 Å². The molecule has 2 aromatic rings. The highest BCUT2D eigenvalue weighted by molar-refractivity contribution is 7.92. The first-order valence-electron chi connectivity index (χ1n) is 7.88. The minimum absolute atomic E-state index is 0.208. The van der Waals surface area contributed by atoms with Crippen molar-refractivity contribution in [3.8, 4) is 0 Å². The van der Waals surface area contributed by atoms with Gasteiger partial charge in [-0.1, -0.05) is 26.0 Å². The van der Waals surface area contributed by atoms with Gasteiger partial charge in [0.1, 0.15) is 0 Å². The Morgan fingerprint density at radius 2 is 1.64 bits per heavy atom. The summed E-state index contributed by atoms with van der Waals surface area (Å²) in [5.74, 6) is -0.155. The van der Waals surface area contributed by atoms with Crippen molar-refractivity contribution in [3.05, 3.63) is 59.7 Å². The molecule has 0 aromatic heterocycles. The second-order valence-electron chi connectivity index (χ2n) is 6.20. The van der Waals surface area contributed by atoms with E-state index in [9.17, 15) is 13.2 Å². The Kier molecular flexibility index (Phi) is 5.81. The van der Waals surface area contributed by atoms with E-state index in [2.05, 4.69) is 13.8 Å². The van der Waals surface area contributed by atoms with Crippen LogP contribution in [0, 0.1) is 5.92 Å². The van der Waals surface area contributed by atoms with Crippen LogP contribution < -0.4 is 9.79 Å². The molecule has 0 heterocycles. The summed E-state index contributed by atoms with van der Waals surface area (Å²) in [5.41, 5.74) is 3.28. The molecule has 7 heteroatoms. The van der Waals surface area contributed by atoms with E-state index in [0.29, 0.717) is 11.6 Å². The van der Waals surface area contributed by atoms with Gasteiger partial charge < -0.3 is 0 Å². The van der Waals surface area contributed by atoms with Crippen molar-refractivity contribution in [2.24, 2.45) is 5.92 Å². The summed E-state index contributed by atoms with van der Waals surface area (Å²) in [7, 11) is -2.24. The van der Waals surface area contributed by atoms with E-state index in [4.69, 9.17) is 5.21 Å². The fourth-order valence-electron chi connectivity index (χ4n) is 2.45. The average Bonchev–Trinajstić information content (AvgIpc) is 2.60. The molecule has 0 radical (unpaired) electrons. The topological polar surface area (TPSA) is 86.7 Å². The van der Waals surface area contributed by atoms with Gasteiger partial charge in [0.2, 0.25) is 0 Å². The lowest BCUT2D eigenvalue weighted by Crippen LogP contribution is -2.26. The van der Waals surface area contributed by atoms with Crippen LogP contribution in [0.3, 0.4) is 0 Å². The van der Waals surface area contributed by atoms with Crippen molar-refractivity contribution in [2.75, 3.05) is 11.4 Å². The van der Waals surface area contributed by atoms with Gasteiger partial charge in [0.05, 0.1) is 10.6 Å². The number of carbonyl (C=O) groups is 1. The predicted molar refractivity (Wildman–Crippen MR) is 96.3 cm³/mol. The number of benzene rings is 2. The van der Waals surface area contributed by atoms with Crippen molar-refractivity contribution in [1.29, 1.82) is 0 Å². The van der Waals surface area contributed by atoms with E-state index < -0.39 is 15.9 Å². The maximum Gasteiger partial charge on any atom is 0.274 e. The zero-order valence-corrected chi connectivity index (χ0v) is 15.2. The third-order valence-electron chi connectivity index (χ3n) is 3.82. The minimum atomic E-state index is -3.69. The van der Waals surface area contributed by atoms with E-state index in [0.717, 1.165) is 16.3 Å². The maximum absolute atomic E-state index is 12.7. The van der Waals surface area contributed by atoms with Crippen molar-refractivity contribution < 1.29 is 18.4 Å². The van der Waals surface area contributed by atoms with Gasteiger partial charge in [-0.05, 0) is 54.3 Å². The SMILES string of the molecule is CC(C)Cc1ccc(S(=O)(=O)N(C)c2ccc(C(=O)NO)cc2)cc1. The number of hydrogen-bond donors (Lipinski definition) is 2. The zero-order chi connectivity index (χ0) is 18.6. The molecule has 2 aromatic carbocycles. The van der Waals surface area contributed by atoms with Crippen LogP contribution in [0.15, 0.2) is 53.4 Å². The van der Waals surface area contributed by atoms with Gasteiger partial charge in [0.15, 0.2) is 0 Å². The number of hydrogen-bond acceptors (Lipinski definition) is 4. The average molecular weight is 362 g/mol. The van der Waals surface area contributed by atoms with Crippen LogP contribution in [0.25, 0.3) is 0 Å². The summed E-state index contributed by atoms with van der Waals surface area (Å²) in [6, 6.07) is 12.8. The first-order chi connectivity index (χ1) is 11.8. The molecule has 0 spiro atoms. The summed E-state index contributed by atoms with van der Waals surface area (Å²) in [4.78, 5) is 11.5. The van der Waals surface area contributed by atoms with Crippen LogP contribution >= 0.6 is 0 Å². The Labute approximate surface area is 148 Å². The fourth-order valence-corrected chi connectivity index (χ4v) is 3.65. The Morgan fingerprint density at radius 1 is 1.08 bits per heavy atom. The summed E-state index contributed by atoms with van der Waals surface area (Å²) >= 11 is 0. The smallest absolute Gasteiger partial charge is 0.274 e. The Hall–Kier alpha value is -2.38. The molecule has 2 rings (SSSR count). The molecule has 134 valence electrons. The molecule has 2 N–H and O–H groups in total. The van der Waals surface area contributed by atoms with E-state index in [-0.39, 0.29) is 10.5 Å². The quantitative estimate of drug-likeness (QED) is 0.611. The standard InChI is InChI=1S/C18H22N2O4S/c1-13(2)12-14-4-10-17(11-5-14)25(23,24)20(3)16-8-6-15(7-9-16)18(21)19-22/h4-11,13,22H,12H2,1-3H3,(H,19,21). The summed E-state index contributed by atoms with van der Waals surface area (Å²) in [6.07, 6.45) is 0.893. The number of hydroxylamine groups is 1. The molecule has 0 aliphatic heterocycles. The number of nitrogens with one attached hydrogen (secondary N) is 1. The number of rotatable bonds is 6. The van der Waals surface area contributed by atoms with Crippen molar-refractivity contribution in [3.63, 3.8) is 0 Å². The summed E-state index contributed by atoms with van der Waals surface area (Å²) in [6.45, 7) is 4.22. The van der Waals surface area contributed by atoms with Gasteiger partial charge in [0, 0.05) is 12.6 Å². The highest BCUT2D eigenvalue weighted by Gasteiger charge is 2.21. The summed E-state index contributed by atoms with van der Waals surface area (Å²) in [5, 5.41) is 8.62. The second-order valence-corrected chi connectivity index (χ2v) is 8.17. The van der Waals surface area contributed by atoms with Crippen LogP contribution in [-0.4, -0.2) is 26.6 Å². The monoisotopic (exact) mass is 362 g/mol. The number of amides is 1. The lowest BCUT2D eigenvalue weighted by molar-refractivity contribution is 0.0706.